The zero-order valence-electron chi connectivity index (χ0n) is 7.94. The largest absolute Gasteiger partial charge is 0.395 e. The fraction of sp³-hybridized carbons (Fsp3) is 0.875. The van der Waals surface area contributed by atoms with Crippen LogP contribution in [0.5, 0.6) is 0 Å². The van der Waals surface area contributed by atoms with Gasteiger partial charge in [-0.25, -0.2) is 0 Å². The van der Waals surface area contributed by atoms with Gasteiger partial charge in [0, 0.05) is 12.6 Å². The van der Waals surface area contributed by atoms with Crippen LogP contribution in [-0.4, -0.2) is 42.9 Å². The van der Waals surface area contributed by atoms with Crippen molar-refractivity contribution in [1.82, 2.24) is 5.32 Å². The Hall–Kier alpha value is -0.360. The molecule has 1 amide bonds. The number of amides is 1. The number of hydrogen-bond acceptors (Lipinski definition) is 4. The second-order valence-electron chi connectivity index (χ2n) is 3.17. The molecular formula is C8H17ClN2O3. The molecule has 0 aromatic rings. The van der Waals surface area contributed by atoms with Gasteiger partial charge in [-0.05, 0) is 12.8 Å². The van der Waals surface area contributed by atoms with Crippen molar-refractivity contribution in [3.05, 3.63) is 0 Å². The molecule has 0 aromatic heterocycles. The van der Waals surface area contributed by atoms with Crippen molar-refractivity contribution < 1.29 is 14.6 Å². The normalized spacial score (nSPS) is 26.4. The van der Waals surface area contributed by atoms with E-state index in [2.05, 4.69) is 5.32 Å². The van der Waals surface area contributed by atoms with Crippen LogP contribution in [0.4, 0.5) is 0 Å². The van der Waals surface area contributed by atoms with Gasteiger partial charge in [0.05, 0.1) is 13.2 Å². The summed E-state index contributed by atoms with van der Waals surface area (Å²) in [6.45, 7) is 0.680. The monoisotopic (exact) mass is 224 g/mol. The van der Waals surface area contributed by atoms with Crippen molar-refractivity contribution in [2.45, 2.75) is 25.0 Å². The maximum Gasteiger partial charge on any atom is 0.249 e. The summed E-state index contributed by atoms with van der Waals surface area (Å²) < 4.78 is 5.23. The Morgan fingerprint density at radius 3 is 2.79 bits per heavy atom. The molecule has 1 aliphatic rings. The van der Waals surface area contributed by atoms with Crippen molar-refractivity contribution in [1.29, 1.82) is 0 Å². The standard InChI is InChI=1S/C8H16N2O3.ClH/c9-6-1-2-7(13-5-6)8(12)10-3-4-11;/h6-7,11H,1-5,9H2,(H,10,12);1H/t6-,7+;/m1./s1. The van der Waals surface area contributed by atoms with Gasteiger partial charge in [0.25, 0.3) is 0 Å². The minimum Gasteiger partial charge on any atom is -0.395 e. The lowest BCUT2D eigenvalue weighted by atomic mass is 10.1. The second kappa shape index (κ2) is 7.00. The van der Waals surface area contributed by atoms with Gasteiger partial charge in [0.2, 0.25) is 5.91 Å². The molecule has 1 heterocycles. The van der Waals surface area contributed by atoms with Crippen LogP contribution in [0, 0.1) is 0 Å². The molecule has 0 aliphatic carbocycles. The number of hydrogen-bond donors (Lipinski definition) is 3. The fourth-order valence-electron chi connectivity index (χ4n) is 1.27. The molecule has 1 fully saturated rings. The van der Waals surface area contributed by atoms with Crippen LogP contribution in [0.25, 0.3) is 0 Å². The molecule has 0 aromatic carbocycles. The smallest absolute Gasteiger partial charge is 0.249 e. The molecular weight excluding hydrogens is 208 g/mol. The van der Waals surface area contributed by atoms with E-state index in [1.54, 1.807) is 0 Å². The topological polar surface area (TPSA) is 84.6 Å². The molecule has 14 heavy (non-hydrogen) atoms. The molecule has 5 nitrogen and oxygen atoms in total. The number of halogens is 1. The highest BCUT2D eigenvalue weighted by atomic mass is 35.5. The van der Waals surface area contributed by atoms with E-state index in [1.807, 2.05) is 0 Å². The number of carbonyl (C=O) groups excluding carboxylic acids is 1. The molecule has 1 rings (SSSR count). The molecule has 6 heteroatoms. The molecule has 0 unspecified atom stereocenters. The first kappa shape index (κ1) is 13.6. The van der Waals surface area contributed by atoms with E-state index >= 15 is 0 Å². The van der Waals surface area contributed by atoms with Gasteiger partial charge in [-0.2, -0.15) is 0 Å². The number of carbonyl (C=O) groups is 1. The lowest BCUT2D eigenvalue weighted by molar-refractivity contribution is -0.136. The molecule has 4 N–H and O–H groups in total. The van der Waals surface area contributed by atoms with Crippen LogP contribution in [0.1, 0.15) is 12.8 Å². The SMILES string of the molecule is Cl.N[C@@H]1CC[C@@H](C(=O)NCCO)OC1. The van der Waals surface area contributed by atoms with Gasteiger partial charge in [0.1, 0.15) is 6.10 Å². The van der Waals surface area contributed by atoms with E-state index in [-0.39, 0.29) is 43.6 Å². The van der Waals surface area contributed by atoms with E-state index in [9.17, 15) is 4.79 Å². The number of nitrogens with two attached hydrogens (primary N) is 1. The molecule has 1 aliphatic heterocycles. The van der Waals surface area contributed by atoms with E-state index in [0.717, 1.165) is 6.42 Å². The van der Waals surface area contributed by atoms with Crippen molar-refractivity contribution in [2.24, 2.45) is 5.73 Å². The van der Waals surface area contributed by atoms with Crippen LogP contribution in [0.2, 0.25) is 0 Å². The number of nitrogens with one attached hydrogen (secondary N) is 1. The minimum absolute atomic E-state index is 0. The molecule has 0 saturated carbocycles. The van der Waals surface area contributed by atoms with Crippen LogP contribution in [0.3, 0.4) is 0 Å². The quantitative estimate of drug-likeness (QED) is 0.576. The maximum absolute atomic E-state index is 11.3. The van der Waals surface area contributed by atoms with Crippen LogP contribution in [-0.2, 0) is 9.53 Å². The number of aliphatic hydroxyl groups is 1. The summed E-state index contributed by atoms with van der Waals surface area (Å²) >= 11 is 0. The predicted molar refractivity (Wildman–Crippen MR) is 54.3 cm³/mol. The van der Waals surface area contributed by atoms with Crippen molar-refractivity contribution in [3.8, 4) is 0 Å². The van der Waals surface area contributed by atoms with E-state index in [1.165, 1.54) is 0 Å². The number of ether oxygens (including phenoxy) is 1. The highest BCUT2D eigenvalue weighted by Crippen LogP contribution is 2.11. The van der Waals surface area contributed by atoms with Crippen LogP contribution < -0.4 is 11.1 Å². The first-order valence-corrected chi connectivity index (χ1v) is 4.50. The van der Waals surface area contributed by atoms with E-state index in [4.69, 9.17) is 15.6 Å². The van der Waals surface area contributed by atoms with Crippen LogP contribution in [0.15, 0.2) is 0 Å². The van der Waals surface area contributed by atoms with Gasteiger partial charge >= 0.3 is 0 Å². The minimum atomic E-state index is -0.383. The Morgan fingerprint density at radius 2 is 2.29 bits per heavy atom. The Bertz CT molecular complexity index is 172. The third-order valence-electron chi connectivity index (χ3n) is 2.01. The maximum atomic E-state index is 11.3. The van der Waals surface area contributed by atoms with E-state index < -0.39 is 0 Å². The highest BCUT2D eigenvalue weighted by Gasteiger charge is 2.24. The van der Waals surface area contributed by atoms with Crippen LogP contribution >= 0.6 is 12.4 Å². The third-order valence-corrected chi connectivity index (χ3v) is 2.01. The third kappa shape index (κ3) is 4.23. The summed E-state index contributed by atoms with van der Waals surface area (Å²) in [5.74, 6) is -0.152. The average Bonchev–Trinajstić information content (AvgIpc) is 2.15. The van der Waals surface area contributed by atoms with Crippen molar-refractivity contribution in [3.63, 3.8) is 0 Å². The summed E-state index contributed by atoms with van der Waals surface area (Å²) in [5, 5.41) is 11.0. The molecule has 0 bridgehead atoms. The summed E-state index contributed by atoms with van der Waals surface area (Å²) in [5.41, 5.74) is 5.60. The second-order valence-corrected chi connectivity index (χ2v) is 3.17. The lowest BCUT2D eigenvalue weighted by Gasteiger charge is -2.25. The van der Waals surface area contributed by atoms with Crippen molar-refractivity contribution in [2.75, 3.05) is 19.8 Å². The summed E-state index contributed by atoms with van der Waals surface area (Å²) in [6.07, 6.45) is 1.10. The Balaban J connectivity index is 0.00000169. The molecule has 2 atom stereocenters. The molecule has 0 spiro atoms. The van der Waals surface area contributed by atoms with E-state index in [0.29, 0.717) is 13.0 Å². The first-order valence-electron chi connectivity index (χ1n) is 4.50. The van der Waals surface area contributed by atoms with Gasteiger partial charge in [-0.3, -0.25) is 4.79 Å². The average molecular weight is 225 g/mol. The van der Waals surface area contributed by atoms with Gasteiger partial charge < -0.3 is 20.9 Å². The van der Waals surface area contributed by atoms with Crippen molar-refractivity contribution >= 4 is 18.3 Å². The Morgan fingerprint density at radius 1 is 1.57 bits per heavy atom. The Kier molecular flexibility index (Phi) is 6.82. The predicted octanol–water partition coefficient (Wildman–Crippen LogP) is -0.977. The Labute approximate surface area is 89.4 Å². The highest BCUT2D eigenvalue weighted by molar-refractivity contribution is 5.85. The first-order chi connectivity index (χ1) is 6.24. The molecule has 84 valence electrons. The molecule has 1 saturated heterocycles. The zero-order valence-corrected chi connectivity index (χ0v) is 8.76. The summed E-state index contributed by atoms with van der Waals surface area (Å²) in [4.78, 5) is 11.3. The van der Waals surface area contributed by atoms with Gasteiger partial charge in [-0.1, -0.05) is 0 Å². The summed E-state index contributed by atoms with van der Waals surface area (Å²) in [7, 11) is 0. The number of rotatable bonds is 3. The number of aliphatic hydroxyl groups excluding tert-OH is 1. The fourth-order valence-corrected chi connectivity index (χ4v) is 1.27. The van der Waals surface area contributed by atoms with Gasteiger partial charge in [0.15, 0.2) is 0 Å². The zero-order chi connectivity index (χ0) is 9.68. The molecule has 0 radical (unpaired) electrons. The lowest BCUT2D eigenvalue weighted by Crippen LogP contribution is -2.44. The summed E-state index contributed by atoms with van der Waals surface area (Å²) in [6, 6.07) is 0.0573. The van der Waals surface area contributed by atoms with Gasteiger partial charge in [-0.15, -0.1) is 12.4 Å².